The van der Waals surface area contributed by atoms with E-state index >= 15 is 0 Å². The molecule has 0 saturated carbocycles. The second kappa shape index (κ2) is 6.85. The lowest BCUT2D eigenvalue weighted by Crippen LogP contribution is -2.51. The van der Waals surface area contributed by atoms with E-state index in [1.807, 2.05) is 0 Å². The zero-order valence-corrected chi connectivity index (χ0v) is 12.0. The third-order valence-electron chi connectivity index (χ3n) is 3.01. The van der Waals surface area contributed by atoms with E-state index in [2.05, 4.69) is 16.0 Å². The van der Waals surface area contributed by atoms with Gasteiger partial charge in [0.2, 0.25) is 5.91 Å². The van der Waals surface area contributed by atoms with E-state index in [-0.39, 0.29) is 17.5 Å². The highest BCUT2D eigenvalue weighted by atomic mass is 32.2. The molecule has 1 rings (SSSR count). The van der Waals surface area contributed by atoms with Crippen LogP contribution in [0.1, 0.15) is 26.7 Å². The second-order valence-corrected chi connectivity index (χ2v) is 6.97. The van der Waals surface area contributed by atoms with Crippen LogP contribution in [0, 0.1) is 0 Å². The number of amides is 3. The zero-order chi connectivity index (χ0) is 14.5. The Balaban J connectivity index is 2.36. The van der Waals surface area contributed by atoms with E-state index in [0.717, 1.165) is 0 Å². The Kier molecular flexibility index (Phi) is 5.74. The van der Waals surface area contributed by atoms with E-state index in [9.17, 15) is 18.0 Å². The van der Waals surface area contributed by atoms with Crippen LogP contribution >= 0.6 is 0 Å². The molecule has 7 nitrogen and oxygen atoms in total. The molecule has 0 aromatic heterocycles. The Hall–Kier alpha value is -1.15. The lowest BCUT2D eigenvalue weighted by molar-refractivity contribution is -0.121. The molecule has 8 heteroatoms. The van der Waals surface area contributed by atoms with Gasteiger partial charge in [-0.2, -0.15) is 0 Å². The van der Waals surface area contributed by atoms with Gasteiger partial charge in [-0.3, -0.25) is 10.1 Å². The van der Waals surface area contributed by atoms with Crippen LogP contribution in [0.5, 0.6) is 0 Å². The molecule has 3 amide bonds. The van der Waals surface area contributed by atoms with Crippen LogP contribution in [-0.4, -0.2) is 50.5 Å². The van der Waals surface area contributed by atoms with Gasteiger partial charge >= 0.3 is 6.03 Å². The van der Waals surface area contributed by atoms with Gasteiger partial charge in [0.05, 0.1) is 17.5 Å². The summed E-state index contributed by atoms with van der Waals surface area (Å²) in [6.45, 7) is 3.85. The van der Waals surface area contributed by atoms with Gasteiger partial charge in [-0.15, -0.1) is 0 Å². The lowest BCUT2D eigenvalue weighted by atomic mass is 10.1. The third-order valence-corrected chi connectivity index (χ3v) is 4.72. The largest absolute Gasteiger partial charge is 0.338 e. The summed E-state index contributed by atoms with van der Waals surface area (Å²) < 4.78 is 22.5. The molecule has 1 heterocycles. The van der Waals surface area contributed by atoms with Gasteiger partial charge in [0.1, 0.15) is 9.84 Å². The summed E-state index contributed by atoms with van der Waals surface area (Å²) in [5.41, 5.74) is 0. The predicted octanol–water partition coefficient (Wildman–Crippen LogP) is -0.613. The molecule has 1 atom stereocenters. The summed E-state index contributed by atoms with van der Waals surface area (Å²) in [7, 11) is -2.90. The predicted molar refractivity (Wildman–Crippen MR) is 71.5 cm³/mol. The number of hydrogen-bond donors (Lipinski definition) is 3. The molecule has 0 aromatic carbocycles. The van der Waals surface area contributed by atoms with Crippen LogP contribution < -0.4 is 16.0 Å². The maximum atomic E-state index is 11.7. The van der Waals surface area contributed by atoms with E-state index in [0.29, 0.717) is 19.4 Å². The third kappa shape index (κ3) is 5.56. The molecule has 1 fully saturated rings. The molecular formula is C11H21N3O4S. The summed E-state index contributed by atoms with van der Waals surface area (Å²) in [5.74, 6) is -0.121. The summed E-state index contributed by atoms with van der Waals surface area (Å²) >= 11 is 0. The number of urea groups is 1. The Morgan fingerprint density at radius 1 is 1.26 bits per heavy atom. The lowest BCUT2D eigenvalue weighted by Gasteiger charge is -2.26. The summed E-state index contributed by atoms with van der Waals surface area (Å²) in [4.78, 5) is 22.9. The maximum absolute atomic E-state index is 11.7. The van der Waals surface area contributed by atoms with Gasteiger partial charge in [-0.1, -0.05) is 0 Å². The van der Waals surface area contributed by atoms with Gasteiger partial charge in [0.15, 0.2) is 0 Å². The first-order chi connectivity index (χ1) is 8.84. The van der Waals surface area contributed by atoms with Crippen LogP contribution in [0.25, 0.3) is 0 Å². The second-order valence-electron chi connectivity index (χ2n) is 4.66. The van der Waals surface area contributed by atoms with Crippen molar-refractivity contribution in [1.82, 2.24) is 16.0 Å². The summed E-state index contributed by atoms with van der Waals surface area (Å²) in [5, 5.41) is 7.73. The van der Waals surface area contributed by atoms with Crippen LogP contribution in [-0.2, 0) is 14.6 Å². The Morgan fingerprint density at radius 2 is 1.84 bits per heavy atom. The van der Waals surface area contributed by atoms with Gasteiger partial charge in [0.25, 0.3) is 0 Å². The fourth-order valence-corrected chi connectivity index (χ4v) is 3.40. The molecule has 1 unspecified atom stereocenters. The van der Waals surface area contributed by atoms with Crippen molar-refractivity contribution in [3.05, 3.63) is 0 Å². The Labute approximate surface area is 113 Å². The SMILES string of the molecule is CCNC(=O)NC(=O)C(C)NC1CCS(=O)(=O)CC1. The van der Waals surface area contributed by atoms with Gasteiger partial charge in [-0.05, 0) is 26.7 Å². The van der Waals surface area contributed by atoms with Crippen molar-refractivity contribution in [2.24, 2.45) is 0 Å². The number of sulfone groups is 1. The fraction of sp³-hybridized carbons (Fsp3) is 0.818. The maximum Gasteiger partial charge on any atom is 0.321 e. The molecule has 1 aliphatic heterocycles. The van der Waals surface area contributed by atoms with Gasteiger partial charge < -0.3 is 10.6 Å². The zero-order valence-electron chi connectivity index (χ0n) is 11.2. The highest BCUT2D eigenvalue weighted by Gasteiger charge is 2.26. The number of hydrogen-bond acceptors (Lipinski definition) is 5. The van der Waals surface area contributed by atoms with E-state index < -0.39 is 27.8 Å². The van der Waals surface area contributed by atoms with Gasteiger partial charge in [-0.25, -0.2) is 13.2 Å². The van der Waals surface area contributed by atoms with Gasteiger partial charge in [0, 0.05) is 12.6 Å². The number of imide groups is 1. The van der Waals surface area contributed by atoms with Crippen LogP contribution in [0.4, 0.5) is 4.79 Å². The molecule has 0 bridgehead atoms. The van der Waals surface area contributed by atoms with Crippen LogP contribution in [0.2, 0.25) is 0 Å². The van der Waals surface area contributed by atoms with Crippen molar-refractivity contribution in [3.8, 4) is 0 Å². The smallest absolute Gasteiger partial charge is 0.321 e. The average Bonchev–Trinajstić information content (AvgIpc) is 2.32. The number of carbonyl (C=O) groups is 2. The Bertz CT molecular complexity index is 421. The average molecular weight is 291 g/mol. The van der Waals surface area contributed by atoms with Crippen molar-refractivity contribution < 1.29 is 18.0 Å². The van der Waals surface area contributed by atoms with E-state index in [4.69, 9.17) is 0 Å². The molecule has 0 aliphatic carbocycles. The minimum Gasteiger partial charge on any atom is -0.338 e. The number of carbonyl (C=O) groups excluding carboxylic acids is 2. The minimum absolute atomic E-state index is 0.00138. The molecule has 19 heavy (non-hydrogen) atoms. The molecule has 3 N–H and O–H groups in total. The Morgan fingerprint density at radius 3 is 2.37 bits per heavy atom. The van der Waals surface area contributed by atoms with Crippen molar-refractivity contribution in [2.75, 3.05) is 18.1 Å². The normalized spacial score (nSPS) is 20.5. The first-order valence-corrected chi connectivity index (χ1v) is 8.21. The number of rotatable bonds is 4. The van der Waals surface area contributed by atoms with Crippen molar-refractivity contribution >= 4 is 21.8 Å². The first kappa shape index (κ1) is 15.9. The molecule has 0 aromatic rings. The summed E-state index contributed by atoms with van der Waals surface area (Å²) in [6.07, 6.45) is 1.00. The summed E-state index contributed by atoms with van der Waals surface area (Å²) in [6, 6.07) is -1.06. The highest BCUT2D eigenvalue weighted by molar-refractivity contribution is 7.91. The highest BCUT2D eigenvalue weighted by Crippen LogP contribution is 2.12. The standard InChI is InChI=1S/C11H21N3O4S/c1-3-12-11(16)14-10(15)8(2)13-9-4-6-19(17,18)7-5-9/h8-9,13H,3-7H2,1-2H3,(H2,12,14,15,16). The van der Waals surface area contributed by atoms with Crippen LogP contribution in [0.3, 0.4) is 0 Å². The van der Waals surface area contributed by atoms with Crippen molar-refractivity contribution in [2.45, 2.75) is 38.8 Å². The van der Waals surface area contributed by atoms with Crippen molar-refractivity contribution in [1.29, 1.82) is 0 Å². The fourth-order valence-electron chi connectivity index (χ4n) is 1.91. The molecule has 1 aliphatic rings. The first-order valence-electron chi connectivity index (χ1n) is 6.39. The molecule has 1 saturated heterocycles. The molecule has 0 radical (unpaired) electrons. The molecule has 110 valence electrons. The minimum atomic E-state index is -2.90. The molecular weight excluding hydrogens is 270 g/mol. The quantitative estimate of drug-likeness (QED) is 0.641. The van der Waals surface area contributed by atoms with Crippen molar-refractivity contribution in [3.63, 3.8) is 0 Å². The monoisotopic (exact) mass is 291 g/mol. The van der Waals surface area contributed by atoms with E-state index in [1.165, 1.54) is 0 Å². The topological polar surface area (TPSA) is 104 Å². The van der Waals surface area contributed by atoms with E-state index in [1.54, 1.807) is 13.8 Å². The molecule has 0 spiro atoms. The van der Waals surface area contributed by atoms with Crippen LogP contribution in [0.15, 0.2) is 0 Å². The number of nitrogens with one attached hydrogen (secondary N) is 3.